The van der Waals surface area contributed by atoms with E-state index in [0.29, 0.717) is 5.41 Å². The largest absolute Gasteiger partial charge is 0.491 e. The van der Waals surface area contributed by atoms with Gasteiger partial charge in [0, 0.05) is 12.0 Å². The van der Waals surface area contributed by atoms with Gasteiger partial charge in [0.2, 0.25) is 0 Å². The second-order valence-electron chi connectivity index (χ2n) is 6.13. The van der Waals surface area contributed by atoms with E-state index in [2.05, 4.69) is 30.4 Å². The van der Waals surface area contributed by atoms with Crippen molar-refractivity contribution in [1.29, 1.82) is 0 Å². The summed E-state index contributed by atoms with van der Waals surface area (Å²) in [5, 5.41) is 3.49. The third kappa shape index (κ3) is 2.33. The van der Waals surface area contributed by atoms with Crippen LogP contribution in [-0.2, 0) is 6.42 Å². The van der Waals surface area contributed by atoms with Gasteiger partial charge in [0.15, 0.2) is 0 Å². The molecule has 1 aromatic rings. The third-order valence-electron chi connectivity index (χ3n) is 4.42. The maximum absolute atomic E-state index is 6.13. The molecule has 18 heavy (non-hydrogen) atoms. The van der Waals surface area contributed by atoms with Gasteiger partial charge in [-0.25, -0.2) is 0 Å². The number of para-hydroxylation sites is 1. The van der Waals surface area contributed by atoms with Crippen LogP contribution in [0.5, 0.6) is 5.75 Å². The first-order chi connectivity index (χ1) is 8.77. The van der Waals surface area contributed by atoms with E-state index < -0.39 is 0 Å². The van der Waals surface area contributed by atoms with Crippen molar-refractivity contribution in [1.82, 2.24) is 0 Å². The summed E-state index contributed by atoms with van der Waals surface area (Å²) in [5.74, 6) is 1.06. The first-order valence-electron chi connectivity index (χ1n) is 7.25. The molecule has 3 rings (SSSR count). The highest BCUT2D eigenvalue weighted by Gasteiger charge is 2.29. The van der Waals surface area contributed by atoms with Gasteiger partial charge in [-0.1, -0.05) is 31.9 Å². The summed E-state index contributed by atoms with van der Waals surface area (Å²) in [4.78, 5) is 0. The minimum Gasteiger partial charge on any atom is -0.491 e. The Labute approximate surface area is 110 Å². The molecule has 0 spiro atoms. The SMILES string of the molecule is CC1(COc2cccc3c2NCCC3)CCCC1. The van der Waals surface area contributed by atoms with Crippen LogP contribution in [0.15, 0.2) is 18.2 Å². The summed E-state index contributed by atoms with van der Waals surface area (Å²) in [6, 6.07) is 6.44. The predicted molar refractivity (Wildman–Crippen MR) is 75.3 cm³/mol. The Morgan fingerprint density at radius 1 is 1.22 bits per heavy atom. The number of hydrogen-bond donors (Lipinski definition) is 1. The van der Waals surface area contributed by atoms with E-state index >= 15 is 0 Å². The van der Waals surface area contributed by atoms with Gasteiger partial charge in [-0.3, -0.25) is 0 Å². The monoisotopic (exact) mass is 245 g/mol. The number of aryl methyl sites for hydroxylation is 1. The molecule has 0 aromatic heterocycles. The van der Waals surface area contributed by atoms with Gasteiger partial charge in [0.05, 0.1) is 12.3 Å². The minimum absolute atomic E-state index is 0.400. The Morgan fingerprint density at radius 2 is 2.06 bits per heavy atom. The van der Waals surface area contributed by atoms with Crippen LogP contribution >= 0.6 is 0 Å². The predicted octanol–water partition coefficient (Wildman–Crippen LogP) is 4.00. The van der Waals surface area contributed by atoms with Gasteiger partial charge in [-0.05, 0) is 37.3 Å². The Morgan fingerprint density at radius 3 is 2.89 bits per heavy atom. The van der Waals surface area contributed by atoms with Crippen molar-refractivity contribution in [2.75, 3.05) is 18.5 Å². The second-order valence-corrected chi connectivity index (χ2v) is 6.13. The lowest BCUT2D eigenvalue weighted by Gasteiger charge is -2.26. The van der Waals surface area contributed by atoms with E-state index in [-0.39, 0.29) is 0 Å². The van der Waals surface area contributed by atoms with Crippen molar-refractivity contribution in [2.24, 2.45) is 5.41 Å². The molecule has 2 nitrogen and oxygen atoms in total. The van der Waals surface area contributed by atoms with Gasteiger partial charge in [-0.2, -0.15) is 0 Å². The molecule has 2 heteroatoms. The summed E-state index contributed by atoms with van der Waals surface area (Å²) in [5.41, 5.74) is 3.05. The van der Waals surface area contributed by atoms with Crippen molar-refractivity contribution in [3.8, 4) is 5.75 Å². The Bertz CT molecular complexity index is 421. The maximum Gasteiger partial charge on any atom is 0.142 e. The highest BCUT2D eigenvalue weighted by Crippen LogP contribution is 2.39. The van der Waals surface area contributed by atoms with Gasteiger partial charge in [0.25, 0.3) is 0 Å². The Balaban J connectivity index is 1.72. The number of anilines is 1. The van der Waals surface area contributed by atoms with Crippen LogP contribution in [0.4, 0.5) is 5.69 Å². The molecular formula is C16H23NO. The molecule has 0 bridgehead atoms. The summed E-state index contributed by atoms with van der Waals surface area (Å²) in [6.45, 7) is 4.30. The molecule has 0 saturated heterocycles. The lowest BCUT2D eigenvalue weighted by molar-refractivity contribution is 0.169. The highest BCUT2D eigenvalue weighted by atomic mass is 16.5. The maximum atomic E-state index is 6.13. The van der Waals surface area contributed by atoms with Crippen molar-refractivity contribution >= 4 is 5.69 Å². The average Bonchev–Trinajstić information content (AvgIpc) is 2.84. The molecular weight excluding hydrogens is 222 g/mol. The van der Waals surface area contributed by atoms with Crippen LogP contribution in [0.1, 0.15) is 44.6 Å². The molecule has 0 amide bonds. The van der Waals surface area contributed by atoms with Crippen LogP contribution in [0.2, 0.25) is 0 Å². The average molecular weight is 245 g/mol. The summed E-state index contributed by atoms with van der Waals surface area (Å²) >= 11 is 0. The fraction of sp³-hybridized carbons (Fsp3) is 0.625. The fourth-order valence-electron chi connectivity index (χ4n) is 3.22. The van der Waals surface area contributed by atoms with Crippen molar-refractivity contribution in [3.05, 3.63) is 23.8 Å². The number of nitrogens with one attached hydrogen (secondary N) is 1. The normalized spacial score (nSPS) is 21.2. The highest BCUT2D eigenvalue weighted by molar-refractivity contribution is 5.63. The van der Waals surface area contributed by atoms with Crippen LogP contribution in [-0.4, -0.2) is 13.2 Å². The molecule has 0 atom stereocenters. The van der Waals surface area contributed by atoms with Crippen molar-refractivity contribution < 1.29 is 4.74 Å². The molecule has 98 valence electrons. The summed E-state index contributed by atoms with van der Waals surface area (Å²) in [6.07, 6.45) is 7.77. The second kappa shape index (κ2) is 4.83. The van der Waals surface area contributed by atoms with Gasteiger partial charge < -0.3 is 10.1 Å². The molecule has 1 aliphatic heterocycles. The molecule has 1 fully saturated rings. The molecule has 1 aliphatic carbocycles. The zero-order chi connectivity index (χ0) is 12.4. The number of ether oxygens (including phenoxy) is 1. The quantitative estimate of drug-likeness (QED) is 0.869. The third-order valence-corrected chi connectivity index (χ3v) is 4.42. The fourth-order valence-corrected chi connectivity index (χ4v) is 3.22. The minimum atomic E-state index is 0.400. The van der Waals surface area contributed by atoms with E-state index in [4.69, 9.17) is 4.74 Å². The summed E-state index contributed by atoms with van der Waals surface area (Å²) < 4.78 is 6.13. The number of fused-ring (bicyclic) bond motifs is 1. The first-order valence-corrected chi connectivity index (χ1v) is 7.25. The Hall–Kier alpha value is -1.18. The first kappa shape index (κ1) is 11.9. The van der Waals surface area contributed by atoms with Gasteiger partial charge >= 0.3 is 0 Å². The lowest BCUT2D eigenvalue weighted by atomic mass is 9.90. The summed E-state index contributed by atoms with van der Waals surface area (Å²) in [7, 11) is 0. The standard InChI is InChI=1S/C16H23NO/c1-16(9-2-3-10-16)12-18-14-8-4-6-13-7-5-11-17-15(13)14/h4,6,8,17H,2-3,5,7,9-12H2,1H3. The van der Waals surface area contributed by atoms with Crippen LogP contribution < -0.4 is 10.1 Å². The van der Waals surface area contributed by atoms with Gasteiger partial charge in [0.1, 0.15) is 5.75 Å². The zero-order valence-electron chi connectivity index (χ0n) is 11.3. The van der Waals surface area contributed by atoms with Crippen molar-refractivity contribution in [2.45, 2.75) is 45.4 Å². The molecule has 1 N–H and O–H groups in total. The Kier molecular flexibility index (Phi) is 3.19. The molecule has 2 aliphatic rings. The van der Waals surface area contributed by atoms with E-state index in [1.54, 1.807) is 0 Å². The number of benzene rings is 1. The number of hydrogen-bond acceptors (Lipinski definition) is 2. The molecule has 0 unspecified atom stereocenters. The topological polar surface area (TPSA) is 21.3 Å². The molecule has 1 heterocycles. The van der Waals surface area contributed by atoms with Crippen LogP contribution in [0.25, 0.3) is 0 Å². The van der Waals surface area contributed by atoms with E-state index in [1.165, 1.54) is 49.8 Å². The zero-order valence-corrected chi connectivity index (χ0v) is 11.3. The smallest absolute Gasteiger partial charge is 0.142 e. The number of rotatable bonds is 3. The van der Waals surface area contributed by atoms with Crippen molar-refractivity contribution in [3.63, 3.8) is 0 Å². The van der Waals surface area contributed by atoms with E-state index in [9.17, 15) is 0 Å². The van der Waals surface area contributed by atoms with Gasteiger partial charge in [-0.15, -0.1) is 0 Å². The molecule has 0 radical (unpaired) electrons. The lowest BCUT2D eigenvalue weighted by Crippen LogP contribution is -2.22. The molecule has 1 saturated carbocycles. The van der Waals surface area contributed by atoms with Crippen LogP contribution in [0.3, 0.4) is 0 Å². The van der Waals surface area contributed by atoms with E-state index in [0.717, 1.165) is 18.9 Å². The van der Waals surface area contributed by atoms with Crippen LogP contribution in [0, 0.1) is 5.41 Å². The van der Waals surface area contributed by atoms with E-state index in [1.807, 2.05) is 0 Å². The molecule has 1 aromatic carbocycles.